The molecule has 0 saturated carbocycles. The number of carbonyl (C=O) groups is 1. The number of rotatable bonds is 7. The van der Waals surface area contributed by atoms with E-state index in [-0.39, 0.29) is 12.1 Å². The highest BCUT2D eigenvalue weighted by Crippen LogP contribution is 2.17. The summed E-state index contributed by atoms with van der Waals surface area (Å²) in [5.41, 5.74) is 1.76. The van der Waals surface area contributed by atoms with Gasteiger partial charge < -0.3 is 15.2 Å². The van der Waals surface area contributed by atoms with Crippen molar-refractivity contribution in [2.75, 3.05) is 5.32 Å². The summed E-state index contributed by atoms with van der Waals surface area (Å²) >= 11 is 0. The van der Waals surface area contributed by atoms with Crippen LogP contribution in [0.15, 0.2) is 49.3 Å². The predicted molar refractivity (Wildman–Crippen MR) is 98.6 cm³/mol. The zero-order valence-corrected chi connectivity index (χ0v) is 15.0. The summed E-state index contributed by atoms with van der Waals surface area (Å²) in [6, 6.07) is 7.31. The molecule has 1 aromatic carbocycles. The third-order valence-corrected chi connectivity index (χ3v) is 4.05. The molecule has 2 aromatic heterocycles. The Labute approximate surface area is 152 Å². The Kier molecular flexibility index (Phi) is 5.62. The van der Waals surface area contributed by atoms with E-state index in [2.05, 4.69) is 32.6 Å². The van der Waals surface area contributed by atoms with Crippen LogP contribution in [-0.4, -0.2) is 30.3 Å². The Bertz CT molecular complexity index is 841. The fourth-order valence-corrected chi connectivity index (χ4v) is 2.84. The number of benzene rings is 1. The number of hydrogen-bond acceptors (Lipinski definition) is 4. The molecule has 1 unspecified atom stereocenters. The molecule has 0 aliphatic carbocycles. The minimum absolute atomic E-state index is 0.127. The van der Waals surface area contributed by atoms with Gasteiger partial charge in [-0.3, -0.25) is 0 Å². The highest BCUT2D eigenvalue weighted by Gasteiger charge is 2.17. The van der Waals surface area contributed by atoms with Gasteiger partial charge in [0.25, 0.3) is 0 Å². The van der Waals surface area contributed by atoms with Gasteiger partial charge in [-0.1, -0.05) is 25.5 Å². The van der Waals surface area contributed by atoms with Gasteiger partial charge in [-0.05, 0) is 24.1 Å². The van der Waals surface area contributed by atoms with E-state index in [1.807, 2.05) is 42.1 Å². The molecule has 2 heterocycles. The molecule has 8 heteroatoms. The van der Waals surface area contributed by atoms with E-state index < -0.39 is 0 Å². The van der Waals surface area contributed by atoms with E-state index in [9.17, 15) is 4.79 Å². The van der Waals surface area contributed by atoms with E-state index >= 15 is 0 Å². The zero-order valence-electron chi connectivity index (χ0n) is 15.0. The van der Waals surface area contributed by atoms with Crippen LogP contribution in [-0.2, 0) is 13.6 Å². The van der Waals surface area contributed by atoms with Gasteiger partial charge in [0.1, 0.15) is 18.5 Å². The fraction of sp³-hybridized carbons (Fsp3) is 0.333. The van der Waals surface area contributed by atoms with Crippen molar-refractivity contribution in [3.63, 3.8) is 0 Å². The quantitative estimate of drug-likeness (QED) is 0.683. The maximum atomic E-state index is 12.4. The van der Waals surface area contributed by atoms with Gasteiger partial charge in [0.05, 0.1) is 12.6 Å². The second-order valence-electron chi connectivity index (χ2n) is 6.13. The summed E-state index contributed by atoms with van der Waals surface area (Å²) < 4.78 is 3.66. The standard InChI is InChI=1S/C18H23N7O/c1-3-5-16(17-20-8-9-24(17)2)23-18(26)22-15-7-4-6-14(10-15)11-25-13-19-12-21-25/h4,6-10,12-13,16H,3,5,11H2,1-2H3,(H2,22,23,26). The summed E-state index contributed by atoms with van der Waals surface area (Å²) in [6.45, 7) is 2.69. The molecule has 136 valence electrons. The van der Waals surface area contributed by atoms with Gasteiger partial charge >= 0.3 is 6.03 Å². The minimum atomic E-state index is -0.246. The first kappa shape index (κ1) is 17.7. The highest BCUT2D eigenvalue weighted by atomic mass is 16.2. The summed E-state index contributed by atoms with van der Waals surface area (Å²) in [4.78, 5) is 20.7. The summed E-state index contributed by atoms with van der Waals surface area (Å²) in [5.74, 6) is 0.849. The van der Waals surface area contributed by atoms with Crippen LogP contribution >= 0.6 is 0 Å². The molecule has 0 aliphatic heterocycles. The van der Waals surface area contributed by atoms with Crippen molar-refractivity contribution in [2.45, 2.75) is 32.4 Å². The average Bonchev–Trinajstić information content (AvgIpc) is 3.26. The van der Waals surface area contributed by atoms with Crippen LogP contribution in [0.2, 0.25) is 0 Å². The van der Waals surface area contributed by atoms with Crippen molar-refractivity contribution in [2.24, 2.45) is 7.05 Å². The first-order valence-corrected chi connectivity index (χ1v) is 8.61. The second kappa shape index (κ2) is 8.28. The van der Waals surface area contributed by atoms with Crippen LogP contribution in [0.25, 0.3) is 0 Å². The minimum Gasteiger partial charge on any atom is -0.336 e. The van der Waals surface area contributed by atoms with E-state index in [4.69, 9.17) is 0 Å². The Morgan fingerprint density at radius 2 is 2.23 bits per heavy atom. The van der Waals surface area contributed by atoms with Gasteiger partial charge in [-0.25, -0.2) is 19.4 Å². The molecule has 0 fully saturated rings. The SMILES string of the molecule is CCCC(NC(=O)Nc1cccc(Cn2cncn2)c1)c1nccn1C. The normalized spacial score (nSPS) is 11.9. The third-order valence-electron chi connectivity index (χ3n) is 4.05. The lowest BCUT2D eigenvalue weighted by Crippen LogP contribution is -2.33. The van der Waals surface area contributed by atoms with Gasteiger partial charge in [0.15, 0.2) is 0 Å². The fourth-order valence-electron chi connectivity index (χ4n) is 2.84. The zero-order chi connectivity index (χ0) is 18.4. The molecule has 0 aliphatic rings. The molecular formula is C18H23N7O. The lowest BCUT2D eigenvalue weighted by Gasteiger charge is -2.18. The molecule has 3 aromatic rings. The van der Waals surface area contributed by atoms with Crippen LogP contribution in [0.4, 0.5) is 10.5 Å². The van der Waals surface area contributed by atoms with E-state index in [1.54, 1.807) is 17.2 Å². The van der Waals surface area contributed by atoms with Gasteiger partial charge in [0.2, 0.25) is 0 Å². The first-order chi connectivity index (χ1) is 12.7. The third kappa shape index (κ3) is 4.47. The monoisotopic (exact) mass is 353 g/mol. The number of aromatic nitrogens is 5. The number of nitrogens with one attached hydrogen (secondary N) is 2. The Morgan fingerprint density at radius 3 is 2.92 bits per heavy atom. The summed E-state index contributed by atoms with van der Waals surface area (Å²) in [5, 5.41) is 10.0. The van der Waals surface area contributed by atoms with Crippen LogP contribution in [0.3, 0.4) is 0 Å². The van der Waals surface area contributed by atoms with Crippen molar-refractivity contribution in [1.29, 1.82) is 0 Å². The van der Waals surface area contributed by atoms with Crippen LogP contribution in [0.5, 0.6) is 0 Å². The number of aryl methyl sites for hydroxylation is 1. The van der Waals surface area contributed by atoms with E-state index in [0.717, 1.165) is 29.9 Å². The van der Waals surface area contributed by atoms with Crippen molar-refractivity contribution in [1.82, 2.24) is 29.6 Å². The van der Waals surface area contributed by atoms with Crippen LogP contribution in [0, 0.1) is 0 Å². The number of urea groups is 1. The van der Waals surface area contributed by atoms with Gasteiger partial charge in [-0.2, -0.15) is 5.10 Å². The second-order valence-corrected chi connectivity index (χ2v) is 6.13. The molecule has 2 N–H and O–H groups in total. The average molecular weight is 353 g/mol. The Hall–Kier alpha value is -3.16. The Balaban J connectivity index is 1.64. The van der Waals surface area contributed by atoms with Crippen LogP contribution in [0.1, 0.15) is 37.2 Å². The lowest BCUT2D eigenvalue weighted by molar-refractivity contribution is 0.247. The number of amides is 2. The molecule has 0 radical (unpaired) electrons. The molecule has 1 atom stereocenters. The summed E-state index contributed by atoms with van der Waals surface area (Å²) in [6.07, 6.45) is 8.56. The number of imidazole rings is 1. The van der Waals surface area contributed by atoms with Crippen molar-refractivity contribution >= 4 is 11.7 Å². The maximum Gasteiger partial charge on any atom is 0.319 e. The van der Waals surface area contributed by atoms with Crippen LogP contribution < -0.4 is 10.6 Å². The van der Waals surface area contributed by atoms with Crippen molar-refractivity contribution in [3.05, 3.63) is 60.7 Å². The largest absolute Gasteiger partial charge is 0.336 e. The number of carbonyl (C=O) groups excluding carboxylic acids is 1. The molecule has 8 nitrogen and oxygen atoms in total. The molecule has 26 heavy (non-hydrogen) atoms. The van der Waals surface area contributed by atoms with E-state index in [0.29, 0.717) is 6.54 Å². The predicted octanol–water partition coefficient (Wildman–Crippen LogP) is 2.72. The topological polar surface area (TPSA) is 89.7 Å². The maximum absolute atomic E-state index is 12.4. The number of anilines is 1. The first-order valence-electron chi connectivity index (χ1n) is 8.61. The smallest absolute Gasteiger partial charge is 0.319 e. The van der Waals surface area contributed by atoms with Crippen molar-refractivity contribution < 1.29 is 4.79 Å². The lowest BCUT2D eigenvalue weighted by atomic mass is 10.1. The molecule has 0 saturated heterocycles. The molecule has 2 amide bonds. The van der Waals surface area contributed by atoms with Gasteiger partial charge in [0, 0.05) is 25.1 Å². The molecule has 3 rings (SSSR count). The van der Waals surface area contributed by atoms with E-state index in [1.165, 1.54) is 6.33 Å². The number of nitrogens with zero attached hydrogens (tertiary/aromatic N) is 5. The number of hydrogen-bond donors (Lipinski definition) is 2. The van der Waals surface area contributed by atoms with Crippen molar-refractivity contribution in [3.8, 4) is 0 Å². The summed E-state index contributed by atoms with van der Waals surface area (Å²) in [7, 11) is 1.93. The Morgan fingerprint density at radius 1 is 1.35 bits per heavy atom. The molecule has 0 spiro atoms. The molecule has 0 bridgehead atoms. The van der Waals surface area contributed by atoms with Gasteiger partial charge in [-0.15, -0.1) is 0 Å². The highest BCUT2D eigenvalue weighted by molar-refractivity contribution is 5.89. The molecular weight excluding hydrogens is 330 g/mol.